The molecule has 5 heteroatoms. The third-order valence-corrected chi connectivity index (χ3v) is 3.47. The van der Waals surface area contributed by atoms with Gasteiger partial charge in [0.1, 0.15) is 5.75 Å². The molecule has 1 N–H and O–H groups in total. The monoisotopic (exact) mass is 379 g/mol. The molecule has 0 fully saturated rings. The van der Waals surface area contributed by atoms with Crippen LogP contribution in [0.2, 0.25) is 0 Å². The van der Waals surface area contributed by atoms with Crippen LogP contribution in [0.5, 0.6) is 5.75 Å². The van der Waals surface area contributed by atoms with Crippen LogP contribution >= 0.6 is 31.9 Å². The lowest BCUT2D eigenvalue weighted by molar-refractivity contribution is -0.116. The molecule has 18 heavy (non-hydrogen) atoms. The summed E-state index contributed by atoms with van der Waals surface area (Å²) in [6.07, 6.45) is -1.07. The number of ether oxygens (including phenoxy) is 1. The molecule has 0 aliphatic carbocycles. The highest BCUT2D eigenvalue weighted by molar-refractivity contribution is 9.10. The van der Waals surface area contributed by atoms with E-state index < -0.39 is 11.7 Å². The van der Waals surface area contributed by atoms with E-state index >= 15 is 0 Å². The summed E-state index contributed by atoms with van der Waals surface area (Å²) in [6.45, 7) is 0.323. The van der Waals surface area contributed by atoms with E-state index in [1.807, 2.05) is 0 Å². The molecule has 3 nitrogen and oxygen atoms in total. The maximum atomic E-state index is 11.6. The zero-order valence-corrected chi connectivity index (χ0v) is 12.7. The van der Waals surface area contributed by atoms with E-state index in [9.17, 15) is 4.79 Å². The van der Waals surface area contributed by atoms with Crippen LogP contribution in [-0.2, 0) is 11.2 Å². The first-order valence-electron chi connectivity index (χ1n) is 7.54. The van der Waals surface area contributed by atoms with Gasteiger partial charge in [0, 0.05) is 28.9 Å². The minimum Gasteiger partial charge on any atom is -0.492 e. The van der Waals surface area contributed by atoms with Gasteiger partial charge in [0.2, 0.25) is 5.91 Å². The van der Waals surface area contributed by atoms with Crippen molar-refractivity contribution in [2.75, 3.05) is 17.2 Å². The number of carbonyl (C=O) groups is 1. The lowest BCUT2D eigenvalue weighted by Crippen LogP contribution is -2.19. The Kier molecular flexibility index (Phi) is 3.42. The van der Waals surface area contributed by atoms with Crippen LogP contribution in [0.25, 0.3) is 0 Å². The SMILES string of the molecule is [2H]C([2H])(Br)CCCOc1cc2c(cc1Br)C([2H])([2H])CC(=O)N2. The fourth-order valence-electron chi connectivity index (χ4n) is 1.60. The van der Waals surface area contributed by atoms with Gasteiger partial charge in [0.25, 0.3) is 0 Å². The topological polar surface area (TPSA) is 38.3 Å². The van der Waals surface area contributed by atoms with Crippen molar-refractivity contribution in [3.05, 3.63) is 22.2 Å². The number of rotatable bonds is 5. The molecule has 1 aromatic rings. The number of halogens is 2. The van der Waals surface area contributed by atoms with Crippen LogP contribution in [0.4, 0.5) is 5.69 Å². The molecule has 0 saturated heterocycles. The summed E-state index contributed by atoms with van der Waals surface area (Å²) >= 11 is 6.27. The number of carbonyl (C=O) groups excluding carboxylic acids is 1. The molecule has 0 spiro atoms. The first-order chi connectivity index (χ1) is 10.1. The summed E-state index contributed by atoms with van der Waals surface area (Å²) < 4.78 is 36.8. The van der Waals surface area contributed by atoms with Crippen molar-refractivity contribution in [3.63, 3.8) is 0 Å². The number of benzene rings is 1. The largest absolute Gasteiger partial charge is 0.492 e. The molecule has 0 aromatic heterocycles. The van der Waals surface area contributed by atoms with Crippen LogP contribution < -0.4 is 10.1 Å². The van der Waals surface area contributed by atoms with Gasteiger partial charge in [0.05, 0.1) is 11.1 Å². The average molecular weight is 381 g/mol. The van der Waals surface area contributed by atoms with E-state index in [1.54, 1.807) is 12.1 Å². The van der Waals surface area contributed by atoms with Gasteiger partial charge in [-0.15, -0.1) is 0 Å². The van der Waals surface area contributed by atoms with E-state index in [2.05, 4.69) is 37.2 Å². The molecule has 0 atom stereocenters. The predicted molar refractivity (Wildman–Crippen MR) is 79.6 cm³/mol. The van der Waals surface area contributed by atoms with E-state index in [4.69, 9.17) is 10.2 Å². The highest BCUT2D eigenvalue weighted by Crippen LogP contribution is 2.34. The number of hydrogen-bond donors (Lipinski definition) is 1. The quantitative estimate of drug-likeness (QED) is 0.621. The third-order valence-electron chi connectivity index (χ3n) is 2.46. The van der Waals surface area contributed by atoms with Gasteiger partial charge < -0.3 is 10.1 Å². The fourth-order valence-corrected chi connectivity index (χ4v) is 2.34. The normalized spacial score (nSPS) is 20.9. The Balaban J connectivity index is 2.11. The zero-order valence-electron chi connectivity index (χ0n) is 13.6. The first-order valence-corrected chi connectivity index (χ1v) is 7.13. The van der Waals surface area contributed by atoms with Gasteiger partial charge in [-0.05, 0) is 46.8 Å². The molecule has 1 heterocycles. The molecular weight excluding hydrogens is 362 g/mol. The number of amides is 1. The summed E-state index contributed by atoms with van der Waals surface area (Å²) in [5.41, 5.74) is 0.832. The Hall–Kier alpha value is -0.550. The molecular formula is C13H15Br2NO2. The van der Waals surface area contributed by atoms with Crippen LogP contribution in [0, 0.1) is 0 Å². The second-order valence-corrected chi connectivity index (χ2v) is 5.23. The molecule has 1 aromatic carbocycles. The van der Waals surface area contributed by atoms with Crippen molar-refractivity contribution in [2.24, 2.45) is 0 Å². The molecule has 0 unspecified atom stereocenters. The van der Waals surface area contributed by atoms with Crippen molar-refractivity contribution in [1.29, 1.82) is 0 Å². The first kappa shape index (κ1) is 9.37. The third kappa shape index (κ3) is 3.48. The minimum atomic E-state index is -1.70. The molecule has 0 bridgehead atoms. The number of fused-ring (bicyclic) bond motifs is 1. The standard InChI is InChI=1S/C13H15Br2NO2/c14-5-1-2-6-18-12-8-11-9(7-10(12)15)3-4-13(17)16-11/h7-8H,1-6H2,(H,16,17)/i3D2,5D2. The van der Waals surface area contributed by atoms with Crippen LogP contribution in [0.1, 0.15) is 30.3 Å². The number of hydrogen-bond acceptors (Lipinski definition) is 2. The van der Waals surface area contributed by atoms with Crippen LogP contribution in [-0.4, -0.2) is 17.8 Å². The highest BCUT2D eigenvalue weighted by Gasteiger charge is 2.17. The van der Waals surface area contributed by atoms with E-state index in [-0.39, 0.29) is 12.3 Å². The van der Waals surface area contributed by atoms with Crippen molar-refractivity contribution >= 4 is 43.5 Å². The number of nitrogens with one attached hydrogen (secondary N) is 1. The van der Waals surface area contributed by atoms with Gasteiger partial charge >= 0.3 is 0 Å². The molecule has 1 amide bonds. The van der Waals surface area contributed by atoms with Crippen LogP contribution in [0.15, 0.2) is 16.6 Å². The minimum absolute atomic E-state index is 0.201. The molecule has 2 rings (SSSR count). The van der Waals surface area contributed by atoms with Crippen molar-refractivity contribution in [1.82, 2.24) is 0 Å². The molecule has 1 aliphatic rings. The molecule has 0 radical (unpaired) electrons. The smallest absolute Gasteiger partial charge is 0.224 e. The maximum absolute atomic E-state index is 11.6. The average Bonchev–Trinajstić information content (AvgIpc) is 2.34. The second-order valence-electron chi connectivity index (χ2n) is 3.82. The van der Waals surface area contributed by atoms with Crippen molar-refractivity contribution in [2.45, 2.75) is 25.6 Å². The zero-order chi connectivity index (χ0) is 16.5. The second kappa shape index (κ2) is 6.57. The Labute approximate surface area is 129 Å². The maximum Gasteiger partial charge on any atom is 0.224 e. The highest BCUT2D eigenvalue weighted by atomic mass is 79.9. The molecule has 0 saturated carbocycles. The van der Waals surface area contributed by atoms with Gasteiger partial charge in [-0.25, -0.2) is 0 Å². The van der Waals surface area contributed by atoms with E-state index in [0.29, 0.717) is 40.9 Å². The van der Waals surface area contributed by atoms with Gasteiger partial charge in [-0.1, -0.05) is 15.9 Å². The summed E-state index contributed by atoms with van der Waals surface area (Å²) in [4.78, 5) is 11.6. The van der Waals surface area contributed by atoms with Crippen molar-refractivity contribution in [3.8, 4) is 5.75 Å². The predicted octanol–water partition coefficient (Wildman–Crippen LogP) is 3.89. The Morgan fingerprint density at radius 3 is 3.11 bits per heavy atom. The molecule has 98 valence electrons. The number of aryl methyl sites for hydroxylation is 1. The Morgan fingerprint density at radius 2 is 2.33 bits per heavy atom. The number of anilines is 1. The molecule has 1 aliphatic heterocycles. The summed E-state index contributed by atoms with van der Waals surface area (Å²) in [5, 5.41) is 1.24. The fraction of sp³-hybridized carbons (Fsp3) is 0.462. The van der Waals surface area contributed by atoms with Gasteiger partial charge in [-0.2, -0.15) is 0 Å². The van der Waals surface area contributed by atoms with E-state index in [0.717, 1.165) is 0 Å². The summed E-state index contributed by atoms with van der Waals surface area (Å²) in [5.74, 6) is 0.130. The van der Waals surface area contributed by atoms with Crippen molar-refractivity contribution < 1.29 is 15.0 Å². The van der Waals surface area contributed by atoms with Crippen LogP contribution in [0.3, 0.4) is 0 Å². The van der Waals surface area contributed by atoms with E-state index in [1.165, 1.54) is 0 Å². The lowest BCUT2D eigenvalue weighted by atomic mass is 10.0. The lowest BCUT2D eigenvalue weighted by Gasteiger charge is -2.19. The summed E-state index contributed by atoms with van der Waals surface area (Å²) in [6, 6.07) is 3.21. The van der Waals surface area contributed by atoms with Gasteiger partial charge in [0.15, 0.2) is 0 Å². The Bertz CT molecular complexity index is 590. The summed E-state index contributed by atoms with van der Waals surface area (Å²) in [7, 11) is 0. The Morgan fingerprint density at radius 1 is 1.50 bits per heavy atom. The number of alkyl halides is 1. The van der Waals surface area contributed by atoms with Gasteiger partial charge in [-0.3, -0.25) is 4.79 Å².